The number of piperazine rings is 1. The second kappa shape index (κ2) is 7.35. The zero-order valence-electron chi connectivity index (χ0n) is 12.4. The van der Waals surface area contributed by atoms with E-state index in [1.54, 1.807) is 4.90 Å². The van der Waals surface area contributed by atoms with E-state index in [1.165, 1.54) is 11.8 Å². The molecule has 0 spiro atoms. The molecular formula is C15H20ClN3O2S. The summed E-state index contributed by atoms with van der Waals surface area (Å²) in [5, 5.41) is 3.27. The Labute approximate surface area is 140 Å². The van der Waals surface area contributed by atoms with Crippen LogP contribution in [0.2, 0.25) is 0 Å². The first-order valence-corrected chi connectivity index (χ1v) is 8.18. The van der Waals surface area contributed by atoms with E-state index in [0.717, 1.165) is 23.7 Å². The van der Waals surface area contributed by atoms with Gasteiger partial charge in [-0.1, -0.05) is 12.1 Å². The van der Waals surface area contributed by atoms with Crippen LogP contribution in [0, 0.1) is 0 Å². The van der Waals surface area contributed by atoms with Crippen molar-refractivity contribution < 1.29 is 9.59 Å². The van der Waals surface area contributed by atoms with Crippen LogP contribution in [-0.2, 0) is 9.59 Å². The minimum Gasteiger partial charge on any atom is -0.336 e. The number of carbonyl (C=O) groups is 2. The predicted octanol–water partition coefficient (Wildman–Crippen LogP) is 1.37. The number of fused-ring (bicyclic) bond motifs is 1. The molecule has 0 bridgehead atoms. The second-order valence-electron chi connectivity index (χ2n) is 5.38. The van der Waals surface area contributed by atoms with Crippen molar-refractivity contribution >= 4 is 41.7 Å². The molecule has 2 aliphatic heterocycles. The van der Waals surface area contributed by atoms with Crippen molar-refractivity contribution in [3.8, 4) is 0 Å². The molecule has 1 N–H and O–H groups in total. The molecule has 2 aliphatic rings. The lowest BCUT2D eigenvalue weighted by atomic mass is 10.2. The van der Waals surface area contributed by atoms with E-state index in [0.29, 0.717) is 12.3 Å². The van der Waals surface area contributed by atoms with Gasteiger partial charge < -0.3 is 15.1 Å². The van der Waals surface area contributed by atoms with Gasteiger partial charge in [0.15, 0.2) is 0 Å². The molecular weight excluding hydrogens is 322 g/mol. The molecule has 5 nitrogen and oxygen atoms in total. The Morgan fingerprint density at radius 2 is 2.18 bits per heavy atom. The Bertz CT molecular complexity index is 569. The minimum atomic E-state index is 0. The molecule has 2 amide bonds. The van der Waals surface area contributed by atoms with Crippen molar-refractivity contribution in [2.24, 2.45) is 0 Å². The number of thioether (sulfide) groups is 1. The van der Waals surface area contributed by atoms with Gasteiger partial charge in [0.25, 0.3) is 0 Å². The van der Waals surface area contributed by atoms with Gasteiger partial charge >= 0.3 is 0 Å². The van der Waals surface area contributed by atoms with Crippen molar-refractivity contribution in [1.82, 2.24) is 10.2 Å². The standard InChI is InChI=1S/C15H19N3O2S.ClH/c1-11-8-16-6-7-17(11)14(19)9-18-12-4-2-3-5-13(12)21-10-15(18)20;/h2-5,11,16H,6-10H2,1H3;1H. The average Bonchev–Trinajstić information content (AvgIpc) is 2.50. The molecule has 1 saturated heterocycles. The lowest BCUT2D eigenvalue weighted by Gasteiger charge is -2.36. The van der Waals surface area contributed by atoms with Gasteiger partial charge in [0.1, 0.15) is 6.54 Å². The lowest BCUT2D eigenvalue weighted by molar-refractivity contribution is -0.133. The van der Waals surface area contributed by atoms with Crippen LogP contribution in [0.1, 0.15) is 6.92 Å². The number of anilines is 1. The summed E-state index contributed by atoms with van der Waals surface area (Å²) >= 11 is 1.54. The van der Waals surface area contributed by atoms with E-state index in [2.05, 4.69) is 5.32 Å². The highest BCUT2D eigenvalue weighted by Crippen LogP contribution is 2.34. The van der Waals surface area contributed by atoms with Crippen LogP contribution in [0.5, 0.6) is 0 Å². The number of benzene rings is 1. The first-order valence-electron chi connectivity index (χ1n) is 7.19. The molecule has 1 atom stereocenters. The van der Waals surface area contributed by atoms with Crippen LogP contribution in [0.25, 0.3) is 0 Å². The van der Waals surface area contributed by atoms with Crippen LogP contribution in [0.4, 0.5) is 5.69 Å². The fraction of sp³-hybridized carbons (Fsp3) is 0.467. The maximum atomic E-state index is 12.5. The van der Waals surface area contributed by atoms with Crippen LogP contribution >= 0.6 is 24.2 Å². The van der Waals surface area contributed by atoms with Gasteiger partial charge in [0.2, 0.25) is 11.8 Å². The van der Waals surface area contributed by atoms with E-state index in [-0.39, 0.29) is 36.8 Å². The summed E-state index contributed by atoms with van der Waals surface area (Å²) in [4.78, 5) is 29.3. The highest BCUT2D eigenvalue weighted by Gasteiger charge is 2.30. The third-order valence-electron chi connectivity index (χ3n) is 3.92. The van der Waals surface area contributed by atoms with Crippen LogP contribution in [0.15, 0.2) is 29.2 Å². The molecule has 0 aromatic heterocycles. The second-order valence-corrected chi connectivity index (χ2v) is 6.39. The Morgan fingerprint density at radius 3 is 2.95 bits per heavy atom. The molecule has 2 heterocycles. The maximum Gasteiger partial charge on any atom is 0.242 e. The average molecular weight is 342 g/mol. The van der Waals surface area contributed by atoms with Crippen molar-refractivity contribution in [2.75, 3.05) is 36.8 Å². The normalized spacial score (nSPS) is 21.1. The molecule has 7 heteroatoms. The first kappa shape index (κ1) is 17.1. The summed E-state index contributed by atoms with van der Waals surface area (Å²) in [6.07, 6.45) is 0. The highest BCUT2D eigenvalue weighted by molar-refractivity contribution is 8.00. The maximum absolute atomic E-state index is 12.5. The van der Waals surface area contributed by atoms with E-state index in [1.807, 2.05) is 36.1 Å². The monoisotopic (exact) mass is 341 g/mol. The summed E-state index contributed by atoms with van der Waals surface area (Å²) in [7, 11) is 0. The molecule has 3 rings (SSSR count). The van der Waals surface area contributed by atoms with Crippen molar-refractivity contribution in [1.29, 1.82) is 0 Å². The van der Waals surface area contributed by atoms with Gasteiger partial charge in [0.05, 0.1) is 11.4 Å². The predicted molar refractivity (Wildman–Crippen MR) is 90.8 cm³/mol. The lowest BCUT2D eigenvalue weighted by Crippen LogP contribution is -2.55. The Balaban J connectivity index is 0.00000176. The third-order valence-corrected chi connectivity index (χ3v) is 4.97. The summed E-state index contributed by atoms with van der Waals surface area (Å²) in [6, 6.07) is 7.95. The number of amides is 2. The van der Waals surface area contributed by atoms with Gasteiger partial charge in [0, 0.05) is 30.6 Å². The Hall–Kier alpha value is -1.24. The summed E-state index contributed by atoms with van der Waals surface area (Å²) < 4.78 is 0. The van der Waals surface area contributed by atoms with Crippen LogP contribution in [0.3, 0.4) is 0 Å². The summed E-state index contributed by atoms with van der Waals surface area (Å²) in [6.45, 7) is 4.51. The number of rotatable bonds is 2. The van der Waals surface area contributed by atoms with Crippen LogP contribution < -0.4 is 10.2 Å². The molecule has 0 aliphatic carbocycles. The SMILES string of the molecule is CC1CNCCN1C(=O)CN1C(=O)CSc2ccccc21.Cl. The molecule has 0 radical (unpaired) electrons. The molecule has 120 valence electrons. The Morgan fingerprint density at radius 1 is 1.41 bits per heavy atom. The highest BCUT2D eigenvalue weighted by atomic mass is 35.5. The third kappa shape index (κ3) is 3.39. The molecule has 0 saturated carbocycles. The number of nitrogens with zero attached hydrogens (tertiary/aromatic N) is 2. The zero-order valence-corrected chi connectivity index (χ0v) is 14.1. The minimum absolute atomic E-state index is 0. The van der Waals surface area contributed by atoms with Gasteiger partial charge in [-0.2, -0.15) is 0 Å². The van der Waals surface area contributed by atoms with Gasteiger partial charge in [-0.25, -0.2) is 0 Å². The number of para-hydroxylation sites is 1. The van der Waals surface area contributed by atoms with E-state index >= 15 is 0 Å². The largest absolute Gasteiger partial charge is 0.336 e. The molecule has 22 heavy (non-hydrogen) atoms. The first-order chi connectivity index (χ1) is 10.2. The van der Waals surface area contributed by atoms with Gasteiger partial charge in [-0.15, -0.1) is 24.2 Å². The van der Waals surface area contributed by atoms with Crippen molar-refractivity contribution in [2.45, 2.75) is 17.9 Å². The van der Waals surface area contributed by atoms with Gasteiger partial charge in [-0.05, 0) is 19.1 Å². The fourth-order valence-corrected chi connectivity index (χ4v) is 3.70. The smallest absolute Gasteiger partial charge is 0.242 e. The molecule has 1 aromatic rings. The quantitative estimate of drug-likeness (QED) is 0.882. The number of nitrogens with one attached hydrogen (secondary N) is 1. The number of hydrogen-bond acceptors (Lipinski definition) is 4. The number of carbonyl (C=O) groups excluding carboxylic acids is 2. The fourth-order valence-electron chi connectivity index (χ4n) is 2.76. The summed E-state index contributed by atoms with van der Waals surface area (Å²) in [5.41, 5.74) is 0.856. The van der Waals surface area contributed by atoms with Crippen LogP contribution in [-0.4, -0.2) is 54.7 Å². The molecule has 1 unspecified atom stereocenters. The van der Waals surface area contributed by atoms with E-state index in [9.17, 15) is 9.59 Å². The number of halogens is 1. The topological polar surface area (TPSA) is 52.7 Å². The number of hydrogen-bond donors (Lipinski definition) is 1. The Kier molecular flexibility index (Phi) is 5.72. The molecule has 1 fully saturated rings. The summed E-state index contributed by atoms with van der Waals surface area (Å²) in [5.74, 6) is 0.440. The van der Waals surface area contributed by atoms with E-state index in [4.69, 9.17) is 0 Å². The molecule has 1 aromatic carbocycles. The van der Waals surface area contributed by atoms with Crippen molar-refractivity contribution in [3.05, 3.63) is 24.3 Å². The van der Waals surface area contributed by atoms with E-state index < -0.39 is 0 Å². The van der Waals surface area contributed by atoms with Gasteiger partial charge in [-0.3, -0.25) is 9.59 Å². The zero-order chi connectivity index (χ0) is 14.8. The van der Waals surface area contributed by atoms with Crippen molar-refractivity contribution in [3.63, 3.8) is 0 Å².